The van der Waals surface area contributed by atoms with Gasteiger partial charge in [-0.15, -0.1) is 0 Å². The molecule has 112 valence electrons. The molecule has 6 heteroatoms. The third kappa shape index (κ3) is 7.66. The monoisotopic (exact) mass is 273 g/mol. The molecule has 1 atom stereocenters. The molecule has 1 unspecified atom stereocenters. The van der Waals surface area contributed by atoms with Gasteiger partial charge in [0.1, 0.15) is 6.04 Å². The quantitative estimate of drug-likeness (QED) is 0.550. The number of carbonyl (C=O) groups excluding carboxylic acids is 1. The summed E-state index contributed by atoms with van der Waals surface area (Å²) in [5.74, 6) is -1.15. The van der Waals surface area contributed by atoms with Crippen molar-refractivity contribution in [3.05, 3.63) is 0 Å². The first-order valence-corrected chi connectivity index (χ1v) is 6.91. The predicted octanol–water partition coefficient (Wildman–Crippen LogP) is 1.13. The first kappa shape index (κ1) is 17.7. The standard InChI is InChI=1S/C13H27N3O3/c1-5-16(6-2)9-7-8-14-13(19)15-11(10(3)4)12(17)18/h10-11H,5-9H2,1-4H3,(H,17,18)(H2,14,15,19). The molecule has 0 aliphatic heterocycles. The second kappa shape index (κ2) is 9.61. The van der Waals surface area contributed by atoms with Crippen molar-refractivity contribution in [3.8, 4) is 0 Å². The van der Waals surface area contributed by atoms with Crippen LogP contribution in [-0.4, -0.2) is 54.2 Å². The Morgan fingerprint density at radius 1 is 1.21 bits per heavy atom. The number of carboxylic acids is 1. The molecule has 0 fully saturated rings. The predicted molar refractivity (Wildman–Crippen MR) is 75.2 cm³/mol. The summed E-state index contributed by atoms with van der Waals surface area (Å²) in [5.41, 5.74) is 0. The summed E-state index contributed by atoms with van der Waals surface area (Å²) in [5, 5.41) is 14.1. The molecule has 0 aromatic heterocycles. The average Bonchev–Trinajstić information content (AvgIpc) is 2.35. The molecule has 2 amide bonds. The van der Waals surface area contributed by atoms with Crippen LogP contribution in [0.3, 0.4) is 0 Å². The number of hydrogen-bond donors (Lipinski definition) is 3. The molecule has 3 N–H and O–H groups in total. The Bertz CT molecular complexity index is 278. The fourth-order valence-electron chi connectivity index (χ4n) is 1.75. The molecule has 6 nitrogen and oxygen atoms in total. The lowest BCUT2D eigenvalue weighted by atomic mass is 10.1. The van der Waals surface area contributed by atoms with E-state index < -0.39 is 18.0 Å². The molecule has 0 heterocycles. The number of hydrogen-bond acceptors (Lipinski definition) is 3. The highest BCUT2D eigenvalue weighted by atomic mass is 16.4. The Morgan fingerprint density at radius 3 is 2.21 bits per heavy atom. The maximum atomic E-state index is 11.5. The third-order valence-electron chi connectivity index (χ3n) is 3.05. The summed E-state index contributed by atoms with van der Waals surface area (Å²) in [6.45, 7) is 11.2. The van der Waals surface area contributed by atoms with Crippen LogP contribution in [-0.2, 0) is 4.79 Å². The molecule has 0 aromatic carbocycles. The van der Waals surface area contributed by atoms with Crippen molar-refractivity contribution in [1.82, 2.24) is 15.5 Å². The molecule has 0 aliphatic rings. The van der Waals surface area contributed by atoms with Gasteiger partial charge in [-0.25, -0.2) is 9.59 Å². The minimum absolute atomic E-state index is 0.140. The number of nitrogens with one attached hydrogen (secondary N) is 2. The Kier molecular flexibility index (Phi) is 8.95. The fraction of sp³-hybridized carbons (Fsp3) is 0.846. The lowest BCUT2D eigenvalue weighted by Gasteiger charge is -2.19. The van der Waals surface area contributed by atoms with Gasteiger partial charge in [0.05, 0.1) is 0 Å². The summed E-state index contributed by atoms with van der Waals surface area (Å²) in [4.78, 5) is 24.7. The number of carbonyl (C=O) groups is 2. The molecule has 0 saturated carbocycles. The molecule has 0 bridgehead atoms. The number of urea groups is 1. The van der Waals surface area contributed by atoms with E-state index in [1.54, 1.807) is 13.8 Å². The number of carboxylic acid groups (broad SMARTS) is 1. The molecular weight excluding hydrogens is 246 g/mol. The molecule has 19 heavy (non-hydrogen) atoms. The smallest absolute Gasteiger partial charge is 0.326 e. The Balaban J connectivity index is 3.89. The number of rotatable bonds is 9. The van der Waals surface area contributed by atoms with E-state index in [-0.39, 0.29) is 5.92 Å². The SMILES string of the molecule is CCN(CC)CCCNC(=O)NC(C(=O)O)C(C)C. The zero-order chi connectivity index (χ0) is 14.8. The van der Waals surface area contributed by atoms with Crippen LogP contribution in [0.1, 0.15) is 34.1 Å². The fourth-order valence-corrected chi connectivity index (χ4v) is 1.75. The van der Waals surface area contributed by atoms with E-state index in [1.807, 2.05) is 0 Å². The highest BCUT2D eigenvalue weighted by Crippen LogP contribution is 2.01. The molecule has 0 rings (SSSR count). The minimum Gasteiger partial charge on any atom is -0.480 e. The highest BCUT2D eigenvalue weighted by Gasteiger charge is 2.22. The van der Waals surface area contributed by atoms with Gasteiger partial charge in [-0.1, -0.05) is 27.7 Å². The average molecular weight is 273 g/mol. The summed E-state index contributed by atoms with van der Waals surface area (Å²) in [6.07, 6.45) is 0.856. The van der Waals surface area contributed by atoms with E-state index in [1.165, 1.54) is 0 Å². The lowest BCUT2D eigenvalue weighted by Crippen LogP contribution is -2.48. The van der Waals surface area contributed by atoms with E-state index in [2.05, 4.69) is 29.4 Å². The Labute approximate surface area is 115 Å². The van der Waals surface area contributed by atoms with Gasteiger partial charge < -0.3 is 20.6 Å². The van der Waals surface area contributed by atoms with Crippen LogP contribution in [0.4, 0.5) is 4.79 Å². The van der Waals surface area contributed by atoms with Crippen LogP contribution in [0.5, 0.6) is 0 Å². The molecule has 0 aromatic rings. The largest absolute Gasteiger partial charge is 0.480 e. The molecule has 0 aliphatic carbocycles. The van der Waals surface area contributed by atoms with Gasteiger partial charge in [-0.3, -0.25) is 0 Å². The van der Waals surface area contributed by atoms with Gasteiger partial charge in [0.15, 0.2) is 0 Å². The first-order valence-electron chi connectivity index (χ1n) is 6.91. The highest BCUT2D eigenvalue weighted by molar-refractivity contribution is 5.82. The number of aliphatic carboxylic acids is 1. The van der Waals surface area contributed by atoms with E-state index in [0.717, 1.165) is 26.1 Å². The van der Waals surface area contributed by atoms with Crippen molar-refractivity contribution < 1.29 is 14.7 Å². The third-order valence-corrected chi connectivity index (χ3v) is 3.05. The molecule has 0 saturated heterocycles. The molecule has 0 radical (unpaired) electrons. The van der Waals surface area contributed by atoms with Crippen LogP contribution in [0.2, 0.25) is 0 Å². The van der Waals surface area contributed by atoms with Crippen LogP contribution in [0, 0.1) is 5.92 Å². The van der Waals surface area contributed by atoms with E-state index in [9.17, 15) is 9.59 Å². The summed E-state index contributed by atoms with van der Waals surface area (Å²) in [7, 11) is 0. The van der Waals surface area contributed by atoms with Crippen LogP contribution in [0.25, 0.3) is 0 Å². The number of nitrogens with zero attached hydrogens (tertiary/aromatic N) is 1. The van der Waals surface area contributed by atoms with Crippen LogP contribution in [0.15, 0.2) is 0 Å². The van der Waals surface area contributed by atoms with Crippen molar-refractivity contribution in [2.75, 3.05) is 26.2 Å². The zero-order valence-electron chi connectivity index (χ0n) is 12.4. The summed E-state index contributed by atoms with van der Waals surface area (Å²) >= 11 is 0. The number of amides is 2. The van der Waals surface area contributed by atoms with E-state index >= 15 is 0 Å². The second-order valence-corrected chi connectivity index (χ2v) is 4.84. The van der Waals surface area contributed by atoms with Crippen LogP contribution < -0.4 is 10.6 Å². The van der Waals surface area contributed by atoms with Crippen LogP contribution >= 0.6 is 0 Å². The van der Waals surface area contributed by atoms with Crippen molar-refractivity contribution >= 4 is 12.0 Å². The van der Waals surface area contributed by atoms with Gasteiger partial charge >= 0.3 is 12.0 Å². The minimum atomic E-state index is -1.01. The summed E-state index contributed by atoms with van der Waals surface area (Å²) < 4.78 is 0. The van der Waals surface area contributed by atoms with Gasteiger partial charge in [-0.05, 0) is 32.0 Å². The van der Waals surface area contributed by atoms with E-state index in [4.69, 9.17) is 5.11 Å². The van der Waals surface area contributed by atoms with Gasteiger partial charge in [0.2, 0.25) is 0 Å². The van der Waals surface area contributed by atoms with E-state index in [0.29, 0.717) is 6.54 Å². The van der Waals surface area contributed by atoms with Crippen molar-refractivity contribution in [1.29, 1.82) is 0 Å². The van der Waals surface area contributed by atoms with Gasteiger partial charge in [-0.2, -0.15) is 0 Å². The summed E-state index contributed by atoms with van der Waals surface area (Å²) in [6, 6.07) is -1.26. The van der Waals surface area contributed by atoms with Crippen molar-refractivity contribution in [2.45, 2.75) is 40.2 Å². The normalized spacial score (nSPS) is 12.5. The molecule has 0 spiro atoms. The maximum absolute atomic E-state index is 11.5. The zero-order valence-corrected chi connectivity index (χ0v) is 12.4. The lowest BCUT2D eigenvalue weighted by molar-refractivity contribution is -0.140. The first-order chi connectivity index (χ1) is 8.92. The van der Waals surface area contributed by atoms with Crippen molar-refractivity contribution in [3.63, 3.8) is 0 Å². The topological polar surface area (TPSA) is 81.7 Å². The Hall–Kier alpha value is -1.30. The van der Waals surface area contributed by atoms with Gasteiger partial charge in [0.25, 0.3) is 0 Å². The van der Waals surface area contributed by atoms with Gasteiger partial charge in [0, 0.05) is 6.54 Å². The molecular formula is C13H27N3O3. The van der Waals surface area contributed by atoms with Crippen molar-refractivity contribution in [2.24, 2.45) is 5.92 Å². The Morgan fingerprint density at radius 2 is 1.79 bits per heavy atom. The second-order valence-electron chi connectivity index (χ2n) is 4.84. The maximum Gasteiger partial charge on any atom is 0.326 e.